The molecule has 3 heteroatoms. The summed E-state index contributed by atoms with van der Waals surface area (Å²) in [6.45, 7) is 1.84. The van der Waals surface area contributed by atoms with Gasteiger partial charge in [0, 0.05) is 4.90 Å². The molecule has 1 unspecified atom stereocenters. The molecule has 0 aromatic heterocycles. The van der Waals surface area contributed by atoms with Crippen LogP contribution in [0.15, 0.2) is 35.2 Å². The minimum absolute atomic E-state index is 0.146. The fourth-order valence-corrected chi connectivity index (χ4v) is 1.83. The molecule has 70 valence electrons. The van der Waals surface area contributed by atoms with Crippen molar-refractivity contribution in [1.29, 1.82) is 0 Å². The maximum atomic E-state index is 11.1. The monoisotopic (exact) mass is 196 g/mol. The van der Waals surface area contributed by atoms with Gasteiger partial charge in [0.15, 0.2) is 0 Å². The molecule has 0 aliphatic rings. The van der Waals surface area contributed by atoms with Crippen LogP contribution in [0, 0.1) is 0 Å². The maximum absolute atomic E-state index is 11.1. The second kappa shape index (κ2) is 4.92. The van der Waals surface area contributed by atoms with Crippen LogP contribution in [0.25, 0.3) is 0 Å². The van der Waals surface area contributed by atoms with Crippen molar-refractivity contribution in [3.8, 4) is 0 Å². The summed E-state index contributed by atoms with van der Waals surface area (Å²) >= 11 is 1.50. The molecule has 1 atom stereocenters. The second-order valence-corrected chi connectivity index (χ2v) is 4.01. The highest BCUT2D eigenvalue weighted by Crippen LogP contribution is 2.22. The highest BCUT2D eigenvalue weighted by atomic mass is 32.2. The van der Waals surface area contributed by atoms with E-state index in [-0.39, 0.29) is 11.2 Å². The Hall–Kier alpha value is -0.960. The first kappa shape index (κ1) is 10.1. The number of hydrogen-bond donors (Lipinski definition) is 0. The lowest BCUT2D eigenvalue weighted by Crippen LogP contribution is -2.14. The SMILES string of the molecule is COC(=O)C(C)Sc1ccccc1. The number of thioether (sulfide) groups is 1. The summed E-state index contributed by atoms with van der Waals surface area (Å²) < 4.78 is 4.62. The summed E-state index contributed by atoms with van der Waals surface area (Å²) in [4.78, 5) is 12.2. The minimum Gasteiger partial charge on any atom is -0.468 e. The molecule has 0 radical (unpaired) electrons. The first-order chi connectivity index (χ1) is 6.24. The number of carbonyl (C=O) groups is 1. The van der Waals surface area contributed by atoms with Crippen molar-refractivity contribution in [2.75, 3.05) is 7.11 Å². The molecule has 13 heavy (non-hydrogen) atoms. The number of benzene rings is 1. The smallest absolute Gasteiger partial charge is 0.318 e. The fraction of sp³-hybridized carbons (Fsp3) is 0.300. The number of rotatable bonds is 3. The number of ether oxygens (including phenoxy) is 1. The quantitative estimate of drug-likeness (QED) is 0.548. The van der Waals surface area contributed by atoms with Crippen LogP contribution < -0.4 is 0 Å². The van der Waals surface area contributed by atoms with Crippen LogP contribution in [0.4, 0.5) is 0 Å². The number of methoxy groups -OCH3 is 1. The molecular formula is C10H12O2S. The highest BCUT2D eigenvalue weighted by molar-refractivity contribution is 8.00. The number of hydrogen-bond acceptors (Lipinski definition) is 3. The predicted octanol–water partition coefficient (Wildman–Crippen LogP) is 2.34. The first-order valence-corrected chi connectivity index (χ1v) is 4.91. The summed E-state index contributed by atoms with van der Waals surface area (Å²) in [7, 11) is 1.41. The molecule has 0 saturated carbocycles. The largest absolute Gasteiger partial charge is 0.468 e. The van der Waals surface area contributed by atoms with Crippen molar-refractivity contribution in [3.05, 3.63) is 30.3 Å². The zero-order valence-electron chi connectivity index (χ0n) is 7.69. The Kier molecular flexibility index (Phi) is 3.83. The van der Waals surface area contributed by atoms with Crippen LogP contribution in [0.2, 0.25) is 0 Å². The van der Waals surface area contributed by atoms with Crippen LogP contribution in [-0.2, 0) is 9.53 Å². The van der Waals surface area contributed by atoms with E-state index in [1.54, 1.807) is 0 Å². The van der Waals surface area contributed by atoms with Gasteiger partial charge in [-0.3, -0.25) is 4.79 Å². The van der Waals surface area contributed by atoms with Gasteiger partial charge < -0.3 is 4.74 Å². The molecule has 1 aromatic rings. The van der Waals surface area contributed by atoms with Gasteiger partial charge in [0.05, 0.1) is 7.11 Å². The lowest BCUT2D eigenvalue weighted by molar-refractivity contribution is -0.139. The summed E-state index contributed by atoms with van der Waals surface area (Å²) in [6, 6.07) is 9.81. The summed E-state index contributed by atoms with van der Waals surface area (Å²) in [6.07, 6.45) is 0. The highest BCUT2D eigenvalue weighted by Gasteiger charge is 2.13. The molecule has 0 bridgehead atoms. The van der Waals surface area contributed by atoms with Crippen molar-refractivity contribution in [1.82, 2.24) is 0 Å². The topological polar surface area (TPSA) is 26.3 Å². The molecule has 1 aromatic carbocycles. The number of carbonyl (C=O) groups excluding carboxylic acids is 1. The van der Waals surface area contributed by atoms with E-state index in [0.29, 0.717) is 0 Å². The molecule has 0 saturated heterocycles. The van der Waals surface area contributed by atoms with Gasteiger partial charge >= 0.3 is 5.97 Å². The number of esters is 1. The average Bonchev–Trinajstić information content (AvgIpc) is 2.18. The molecular weight excluding hydrogens is 184 g/mol. The summed E-state index contributed by atoms with van der Waals surface area (Å²) in [5.41, 5.74) is 0. The van der Waals surface area contributed by atoms with E-state index < -0.39 is 0 Å². The van der Waals surface area contributed by atoms with Gasteiger partial charge in [-0.2, -0.15) is 0 Å². The lowest BCUT2D eigenvalue weighted by Gasteiger charge is -2.07. The average molecular weight is 196 g/mol. The van der Waals surface area contributed by atoms with Gasteiger partial charge in [0.25, 0.3) is 0 Å². The Morgan fingerprint density at radius 2 is 2.00 bits per heavy atom. The fourth-order valence-electron chi connectivity index (χ4n) is 0.917. The summed E-state index contributed by atoms with van der Waals surface area (Å²) in [5, 5.41) is -0.146. The standard InChI is InChI=1S/C10H12O2S/c1-8(10(11)12-2)13-9-6-4-3-5-7-9/h3-8H,1-2H3. The molecule has 0 amide bonds. The van der Waals surface area contributed by atoms with Crippen LogP contribution in [0.3, 0.4) is 0 Å². The van der Waals surface area contributed by atoms with Crippen molar-refractivity contribution in [2.45, 2.75) is 17.1 Å². The Morgan fingerprint density at radius 1 is 1.38 bits per heavy atom. The Balaban J connectivity index is 2.55. The van der Waals surface area contributed by atoms with Crippen molar-refractivity contribution in [2.24, 2.45) is 0 Å². The van der Waals surface area contributed by atoms with Crippen molar-refractivity contribution < 1.29 is 9.53 Å². The molecule has 1 rings (SSSR count). The van der Waals surface area contributed by atoms with Crippen LogP contribution in [0.1, 0.15) is 6.92 Å². The Bertz CT molecular complexity index is 272. The molecule has 0 N–H and O–H groups in total. The molecule has 0 aliphatic carbocycles. The van der Waals surface area contributed by atoms with Crippen molar-refractivity contribution >= 4 is 17.7 Å². The van der Waals surface area contributed by atoms with E-state index in [1.807, 2.05) is 37.3 Å². The second-order valence-electron chi connectivity index (χ2n) is 2.60. The lowest BCUT2D eigenvalue weighted by atomic mass is 10.4. The van der Waals surface area contributed by atoms with Crippen LogP contribution >= 0.6 is 11.8 Å². The maximum Gasteiger partial charge on any atom is 0.318 e. The molecule has 0 aliphatic heterocycles. The molecule has 2 nitrogen and oxygen atoms in total. The van der Waals surface area contributed by atoms with Crippen LogP contribution in [-0.4, -0.2) is 18.3 Å². The van der Waals surface area contributed by atoms with Gasteiger partial charge in [-0.25, -0.2) is 0 Å². The first-order valence-electron chi connectivity index (χ1n) is 4.03. The summed E-state index contributed by atoms with van der Waals surface area (Å²) in [5.74, 6) is -0.186. The van der Waals surface area contributed by atoms with E-state index in [9.17, 15) is 4.79 Å². The third-order valence-corrected chi connectivity index (χ3v) is 2.68. The van der Waals surface area contributed by atoms with Crippen LogP contribution in [0.5, 0.6) is 0 Å². The van der Waals surface area contributed by atoms with E-state index in [0.717, 1.165) is 4.90 Å². The molecule has 0 fully saturated rings. The zero-order valence-corrected chi connectivity index (χ0v) is 8.51. The van der Waals surface area contributed by atoms with Gasteiger partial charge in [0.2, 0.25) is 0 Å². The molecule has 0 spiro atoms. The van der Waals surface area contributed by atoms with E-state index in [1.165, 1.54) is 18.9 Å². The molecule has 0 heterocycles. The zero-order chi connectivity index (χ0) is 9.68. The van der Waals surface area contributed by atoms with Gasteiger partial charge in [0.1, 0.15) is 5.25 Å². The van der Waals surface area contributed by atoms with Crippen molar-refractivity contribution in [3.63, 3.8) is 0 Å². The normalized spacial score (nSPS) is 12.2. The van der Waals surface area contributed by atoms with E-state index in [4.69, 9.17) is 0 Å². The van der Waals surface area contributed by atoms with Gasteiger partial charge in [-0.05, 0) is 19.1 Å². The Labute approximate surface area is 82.3 Å². The third-order valence-electron chi connectivity index (χ3n) is 1.59. The van der Waals surface area contributed by atoms with Gasteiger partial charge in [-0.1, -0.05) is 18.2 Å². The van der Waals surface area contributed by atoms with Gasteiger partial charge in [-0.15, -0.1) is 11.8 Å². The minimum atomic E-state index is -0.186. The van der Waals surface area contributed by atoms with E-state index in [2.05, 4.69) is 4.74 Å². The third kappa shape index (κ3) is 3.11. The van der Waals surface area contributed by atoms with E-state index >= 15 is 0 Å². The predicted molar refractivity (Wildman–Crippen MR) is 53.8 cm³/mol. The Morgan fingerprint density at radius 3 is 2.54 bits per heavy atom.